The zero-order valence-corrected chi connectivity index (χ0v) is 15.2. The van der Waals surface area contributed by atoms with Crippen molar-refractivity contribution in [3.8, 4) is 23.8 Å². The fourth-order valence-corrected chi connectivity index (χ4v) is 3.49. The molecular weight excluding hydrogens is 350 g/mol. The molecular formula is C20H18ClN3O2. The smallest absolute Gasteiger partial charge is 0.190 e. The second-order valence-corrected chi connectivity index (χ2v) is 6.41. The molecule has 26 heavy (non-hydrogen) atoms. The van der Waals surface area contributed by atoms with Crippen molar-refractivity contribution in [1.29, 1.82) is 0 Å². The van der Waals surface area contributed by atoms with Crippen LogP contribution in [0.2, 0.25) is 5.02 Å². The van der Waals surface area contributed by atoms with Gasteiger partial charge in [0.2, 0.25) is 0 Å². The number of hydrogen-bond donors (Lipinski definition) is 0. The topological polar surface area (TPSA) is 39.5 Å². The van der Waals surface area contributed by atoms with Gasteiger partial charge in [-0.3, -0.25) is 4.57 Å². The molecule has 1 saturated heterocycles. The third-order valence-electron chi connectivity index (χ3n) is 4.54. The molecule has 2 aromatic carbocycles. The number of anilines is 1. The van der Waals surface area contributed by atoms with Gasteiger partial charge < -0.3 is 14.4 Å². The molecule has 1 fully saturated rings. The number of aromatic nitrogens is 2. The van der Waals surface area contributed by atoms with Crippen molar-refractivity contribution in [3.63, 3.8) is 0 Å². The largest absolute Gasteiger partial charge is 0.495 e. The molecule has 5 nitrogen and oxygen atoms in total. The van der Waals surface area contributed by atoms with E-state index in [1.165, 1.54) is 0 Å². The Morgan fingerprint density at radius 2 is 1.92 bits per heavy atom. The summed E-state index contributed by atoms with van der Waals surface area (Å²) in [4.78, 5) is 6.88. The molecule has 0 amide bonds. The first-order valence-corrected chi connectivity index (χ1v) is 8.75. The highest BCUT2D eigenvalue weighted by Gasteiger charge is 2.16. The van der Waals surface area contributed by atoms with E-state index < -0.39 is 0 Å². The maximum absolute atomic E-state index is 6.31. The Bertz CT molecular complexity index is 1000. The number of ether oxygens (including phenoxy) is 2. The van der Waals surface area contributed by atoms with Gasteiger partial charge in [-0.1, -0.05) is 11.6 Å². The lowest BCUT2D eigenvalue weighted by Crippen LogP contribution is -2.36. The predicted molar refractivity (Wildman–Crippen MR) is 104 cm³/mol. The molecule has 6 heteroatoms. The lowest BCUT2D eigenvalue weighted by Gasteiger charge is -2.28. The van der Waals surface area contributed by atoms with Crippen LogP contribution in [0.25, 0.3) is 16.7 Å². The van der Waals surface area contributed by atoms with Crippen LogP contribution in [0.5, 0.6) is 5.75 Å². The molecule has 4 rings (SSSR count). The highest BCUT2D eigenvalue weighted by molar-refractivity contribution is 6.32. The van der Waals surface area contributed by atoms with E-state index in [1.807, 2.05) is 28.8 Å². The molecule has 0 radical (unpaired) electrons. The van der Waals surface area contributed by atoms with Crippen molar-refractivity contribution in [3.05, 3.63) is 47.2 Å². The predicted octanol–water partition coefficient (Wildman–Crippen LogP) is 3.51. The van der Waals surface area contributed by atoms with Crippen LogP contribution in [0, 0.1) is 12.3 Å². The van der Waals surface area contributed by atoms with Gasteiger partial charge in [0.05, 0.1) is 42.1 Å². The Morgan fingerprint density at radius 1 is 1.15 bits per heavy atom. The lowest BCUT2D eigenvalue weighted by molar-refractivity contribution is 0.122. The van der Waals surface area contributed by atoms with Crippen LogP contribution in [0.3, 0.4) is 0 Å². The number of hydrogen-bond acceptors (Lipinski definition) is 4. The molecule has 2 heterocycles. The maximum atomic E-state index is 6.31. The summed E-state index contributed by atoms with van der Waals surface area (Å²) in [7, 11) is 1.59. The van der Waals surface area contributed by atoms with Crippen molar-refractivity contribution >= 4 is 28.3 Å². The molecule has 0 atom stereocenters. The number of terminal acetylenes is 1. The molecule has 1 aromatic heterocycles. The summed E-state index contributed by atoms with van der Waals surface area (Å²) in [6, 6.07) is 11.8. The summed E-state index contributed by atoms with van der Waals surface area (Å²) >= 11 is 6.31. The monoisotopic (exact) mass is 367 g/mol. The van der Waals surface area contributed by atoms with Gasteiger partial charge in [0, 0.05) is 18.8 Å². The Balaban J connectivity index is 1.86. The third-order valence-corrected chi connectivity index (χ3v) is 4.83. The van der Waals surface area contributed by atoms with Crippen LogP contribution in [0.1, 0.15) is 5.82 Å². The molecule has 132 valence electrons. The van der Waals surface area contributed by atoms with Crippen LogP contribution < -0.4 is 9.64 Å². The number of rotatable bonds is 3. The summed E-state index contributed by atoms with van der Waals surface area (Å²) in [5.74, 6) is 3.84. The summed E-state index contributed by atoms with van der Waals surface area (Å²) in [5.41, 5.74) is 3.78. The standard InChI is InChI=1S/C20H18ClN3O2/c1-3-20-22-17-6-4-14(23-8-10-26-11-9-23)13-18(17)24(20)15-5-7-19(25-2)16(21)12-15/h1,4-7,12-13H,8-11H2,2H3. The minimum atomic E-state index is 0.527. The van der Waals surface area contributed by atoms with E-state index in [-0.39, 0.29) is 0 Å². The van der Waals surface area contributed by atoms with Gasteiger partial charge in [-0.15, -0.1) is 6.42 Å². The first kappa shape index (κ1) is 16.8. The summed E-state index contributed by atoms with van der Waals surface area (Å²) < 4.78 is 12.6. The number of nitrogens with zero attached hydrogens (tertiary/aromatic N) is 3. The van der Waals surface area contributed by atoms with Gasteiger partial charge in [-0.25, -0.2) is 4.98 Å². The molecule has 0 aliphatic carbocycles. The highest BCUT2D eigenvalue weighted by Crippen LogP contribution is 2.31. The first-order valence-electron chi connectivity index (χ1n) is 8.37. The van der Waals surface area contributed by atoms with Crippen LogP contribution in [-0.2, 0) is 4.74 Å². The van der Waals surface area contributed by atoms with Gasteiger partial charge in [0.25, 0.3) is 0 Å². The molecule has 0 spiro atoms. The minimum absolute atomic E-state index is 0.527. The van der Waals surface area contributed by atoms with Crippen molar-refractivity contribution in [2.24, 2.45) is 0 Å². The zero-order chi connectivity index (χ0) is 18.1. The highest BCUT2D eigenvalue weighted by atomic mass is 35.5. The molecule has 0 bridgehead atoms. The Hall–Kier alpha value is -2.68. The molecule has 0 unspecified atom stereocenters. The van der Waals surface area contributed by atoms with Crippen LogP contribution in [0.4, 0.5) is 5.69 Å². The van der Waals surface area contributed by atoms with Gasteiger partial charge in [0.1, 0.15) is 5.75 Å². The number of morpholine rings is 1. The van der Waals surface area contributed by atoms with Crippen molar-refractivity contribution in [1.82, 2.24) is 9.55 Å². The van der Waals surface area contributed by atoms with E-state index >= 15 is 0 Å². The second kappa shape index (κ2) is 6.91. The third kappa shape index (κ3) is 2.88. The first-order chi connectivity index (χ1) is 12.7. The number of benzene rings is 2. The van der Waals surface area contributed by atoms with Gasteiger partial charge in [-0.2, -0.15) is 0 Å². The quantitative estimate of drug-likeness (QED) is 0.664. The average molecular weight is 368 g/mol. The Morgan fingerprint density at radius 3 is 2.62 bits per heavy atom. The maximum Gasteiger partial charge on any atom is 0.190 e. The second-order valence-electron chi connectivity index (χ2n) is 6.01. The molecule has 0 N–H and O–H groups in total. The SMILES string of the molecule is C#Cc1nc2ccc(N3CCOCC3)cc2n1-c1ccc(OC)c(Cl)c1. The fraction of sp³-hybridized carbons (Fsp3) is 0.250. The zero-order valence-electron chi connectivity index (χ0n) is 14.4. The Labute approximate surface area is 157 Å². The number of halogens is 1. The average Bonchev–Trinajstić information content (AvgIpc) is 3.06. The summed E-state index contributed by atoms with van der Waals surface area (Å²) in [6.07, 6.45) is 5.71. The Kier molecular flexibility index (Phi) is 4.46. The minimum Gasteiger partial charge on any atom is -0.495 e. The van der Waals surface area contributed by atoms with Crippen LogP contribution >= 0.6 is 11.6 Å². The van der Waals surface area contributed by atoms with Crippen LogP contribution in [0.15, 0.2) is 36.4 Å². The number of imidazole rings is 1. The molecule has 1 aliphatic heterocycles. The van der Waals surface area contributed by atoms with Crippen molar-refractivity contribution in [2.45, 2.75) is 0 Å². The fourth-order valence-electron chi connectivity index (χ4n) is 3.23. The molecule has 0 saturated carbocycles. The van der Waals surface area contributed by atoms with Gasteiger partial charge in [0.15, 0.2) is 5.82 Å². The summed E-state index contributed by atoms with van der Waals surface area (Å²) in [5, 5.41) is 0.527. The van der Waals surface area contributed by atoms with Crippen molar-refractivity contribution < 1.29 is 9.47 Å². The van der Waals surface area contributed by atoms with E-state index in [0.29, 0.717) is 16.6 Å². The number of fused-ring (bicyclic) bond motifs is 1. The molecule has 3 aromatic rings. The normalized spacial score (nSPS) is 14.4. The van der Waals surface area contributed by atoms with Gasteiger partial charge in [-0.05, 0) is 42.3 Å². The van der Waals surface area contributed by atoms with Crippen LogP contribution in [-0.4, -0.2) is 43.0 Å². The number of methoxy groups -OCH3 is 1. The van der Waals surface area contributed by atoms with E-state index in [9.17, 15) is 0 Å². The molecule has 1 aliphatic rings. The van der Waals surface area contributed by atoms with E-state index in [4.69, 9.17) is 27.5 Å². The van der Waals surface area contributed by atoms with E-state index in [1.54, 1.807) is 7.11 Å². The van der Waals surface area contributed by atoms with E-state index in [0.717, 1.165) is 48.7 Å². The lowest BCUT2D eigenvalue weighted by atomic mass is 10.2. The summed E-state index contributed by atoms with van der Waals surface area (Å²) in [6.45, 7) is 3.22. The van der Waals surface area contributed by atoms with Gasteiger partial charge >= 0.3 is 0 Å². The van der Waals surface area contributed by atoms with E-state index in [2.05, 4.69) is 27.9 Å². The van der Waals surface area contributed by atoms with Crippen molar-refractivity contribution in [2.75, 3.05) is 38.3 Å².